The van der Waals surface area contributed by atoms with Gasteiger partial charge in [-0.1, -0.05) is 0 Å². The molecule has 12 heavy (non-hydrogen) atoms. The summed E-state index contributed by atoms with van der Waals surface area (Å²) in [5.41, 5.74) is 0. The van der Waals surface area contributed by atoms with E-state index < -0.39 is 6.10 Å². The first-order chi connectivity index (χ1) is 5.83. The average molecular weight is 176 g/mol. The number of aliphatic hydroxyl groups is 2. The Labute approximate surface area is 69.8 Å². The van der Waals surface area contributed by atoms with Gasteiger partial charge >= 0.3 is 0 Å². The van der Waals surface area contributed by atoms with Crippen LogP contribution in [0.3, 0.4) is 0 Å². The molecule has 5 nitrogen and oxygen atoms in total. The first-order valence-corrected chi connectivity index (χ1v) is 3.96. The van der Waals surface area contributed by atoms with Gasteiger partial charge in [-0.25, -0.2) is 0 Å². The normalized spacial score (nSPS) is 46.5. The molecular formula is C7H12O5. The molecule has 2 aliphatic rings. The van der Waals surface area contributed by atoms with E-state index in [1.807, 2.05) is 0 Å². The van der Waals surface area contributed by atoms with Crippen LogP contribution in [0.4, 0.5) is 0 Å². The Balaban J connectivity index is 1.96. The van der Waals surface area contributed by atoms with E-state index >= 15 is 0 Å². The molecule has 0 aromatic rings. The molecule has 4 atom stereocenters. The molecule has 0 bridgehead atoms. The van der Waals surface area contributed by atoms with Gasteiger partial charge in [-0.05, 0) is 0 Å². The van der Waals surface area contributed by atoms with Gasteiger partial charge in [0.25, 0.3) is 0 Å². The Morgan fingerprint density at radius 1 is 1.25 bits per heavy atom. The Bertz CT molecular complexity index is 162. The number of rotatable bonds is 2. The van der Waals surface area contributed by atoms with Gasteiger partial charge in [-0.15, -0.1) is 0 Å². The van der Waals surface area contributed by atoms with Crippen molar-refractivity contribution in [1.29, 1.82) is 0 Å². The third-order valence-corrected chi connectivity index (χ3v) is 2.27. The van der Waals surface area contributed by atoms with Crippen LogP contribution in [-0.2, 0) is 14.2 Å². The van der Waals surface area contributed by atoms with Crippen molar-refractivity contribution in [3.8, 4) is 0 Å². The lowest BCUT2D eigenvalue weighted by Crippen LogP contribution is -2.32. The maximum atomic E-state index is 9.32. The number of hydrogen-bond acceptors (Lipinski definition) is 5. The maximum Gasteiger partial charge on any atom is 0.144 e. The molecule has 0 spiro atoms. The van der Waals surface area contributed by atoms with Crippen molar-refractivity contribution < 1.29 is 24.4 Å². The Hall–Kier alpha value is -0.200. The molecule has 0 aromatic carbocycles. The molecule has 2 fully saturated rings. The summed E-state index contributed by atoms with van der Waals surface area (Å²) in [6.45, 7) is 0.338. The molecule has 2 saturated heterocycles. The van der Waals surface area contributed by atoms with Crippen LogP contribution in [0.2, 0.25) is 0 Å². The second-order valence-electron chi connectivity index (χ2n) is 3.00. The molecule has 2 heterocycles. The number of ether oxygens (including phenoxy) is 3. The van der Waals surface area contributed by atoms with E-state index in [4.69, 9.17) is 19.3 Å². The molecule has 5 heteroatoms. The van der Waals surface area contributed by atoms with Crippen molar-refractivity contribution in [3.63, 3.8) is 0 Å². The van der Waals surface area contributed by atoms with Crippen molar-refractivity contribution in [2.45, 2.75) is 24.4 Å². The summed E-state index contributed by atoms with van der Waals surface area (Å²) < 4.78 is 15.4. The van der Waals surface area contributed by atoms with Gasteiger partial charge in [-0.2, -0.15) is 0 Å². The zero-order chi connectivity index (χ0) is 8.55. The standard InChI is InChI=1S/C7H12O5/c8-3-12-5-2-11-6-4(9)1-10-7(5)6/h4-9H,1-3H2. The van der Waals surface area contributed by atoms with Crippen molar-refractivity contribution in [3.05, 3.63) is 0 Å². The van der Waals surface area contributed by atoms with Crippen molar-refractivity contribution >= 4 is 0 Å². The van der Waals surface area contributed by atoms with Crippen molar-refractivity contribution in [2.75, 3.05) is 20.0 Å². The molecule has 0 radical (unpaired) electrons. The summed E-state index contributed by atoms with van der Waals surface area (Å²) in [5.74, 6) is 0. The second-order valence-corrected chi connectivity index (χ2v) is 3.00. The number of aliphatic hydroxyl groups excluding tert-OH is 2. The fraction of sp³-hybridized carbons (Fsp3) is 1.00. The molecule has 0 amide bonds. The van der Waals surface area contributed by atoms with Crippen LogP contribution >= 0.6 is 0 Å². The fourth-order valence-electron chi connectivity index (χ4n) is 1.68. The highest BCUT2D eigenvalue weighted by atomic mass is 16.7. The third-order valence-electron chi connectivity index (χ3n) is 2.27. The predicted molar refractivity (Wildman–Crippen MR) is 37.4 cm³/mol. The van der Waals surface area contributed by atoms with E-state index in [2.05, 4.69) is 0 Å². The Morgan fingerprint density at radius 3 is 2.75 bits per heavy atom. The highest BCUT2D eigenvalue weighted by Crippen LogP contribution is 2.28. The van der Waals surface area contributed by atoms with Crippen LogP contribution in [0.25, 0.3) is 0 Å². The summed E-state index contributed by atoms with van der Waals surface area (Å²) >= 11 is 0. The highest BCUT2D eigenvalue weighted by molar-refractivity contribution is 4.94. The molecule has 0 aliphatic carbocycles. The van der Waals surface area contributed by atoms with Crippen LogP contribution in [0.15, 0.2) is 0 Å². The number of fused-ring (bicyclic) bond motifs is 1. The zero-order valence-electron chi connectivity index (χ0n) is 6.55. The van der Waals surface area contributed by atoms with Gasteiger partial charge in [-0.3, -0.25) is 0 Å². The Kier molecular flexibility index (Phi) is 2.29. The van der Waals surface area contributed by atoms with E-state index in [1.54, 1.807) is 0 Å². The van der Waals surface area contributed by atoms with Gasteiger partial charge in [0.05, 0.1) is 13.2 Å². The zero-order valence-corrected chi connectivity index (χ0v) is 6.55. The first kappa shape index (κ1) is 8.40. The molecular weight excluding hydrogens is 164 g/mol. The van der Waals surface area contributed by atoms with Crippen LogP contribution in [0.5, 0.6) is 0 Å². The van der Waals surface area contributed by atoms with Crippen LogP contribution in [0, 0.1) is 0 Å². The minimum absolute atomic E-state index is 0.216. The van der Waals surface area contributed by atoms with Crippen LogP contribution in [-0.4, -0.2) is 54.6 Å². The van der Waals surface area contributed by atoms with Gasteiger partial charge in [0.15, 0.2) is 0 Å². The Morgan fingerprint density at radius 2 is 2.00 bits per heavy atom. The van der Waals surface area contributed by atoms with Crippen LogP contribution in [0.1, 0.15) is 0 Å². The van der Waals surface area contributed by atoms with Gasteiger partial charge < -0.3 is 24.4 Å². The fourth-order valence-corrected chi connectivity index (χ4v) is 1.68. The largest absolute Gasteiger partial charge is 0.388 e. The third kappa shape index (κ3) is 1.23. The first-order valence-electron chi connectivity index (χ1n) is 3.96. The van der Waals surface area contributed by atoms with Gasteiger partial charge in [0.1, 0.15) is 31.2 Å². The topological polar surface area (TPSA) is 68.2 Å². The van der Waals surface area contributed by atoms with E-state index in [1.165, 1.54) is 0 Å². The summed E-state index contributed by atoms with van der Waals surface area (Å²) in [6, 6.07) is 0. The smallest absolute Gasteiger partial charge is 0.144 e. The minimum atomic E-state index is -0.553. The van der Waals surface area contributed by atoms with E-state index in [-0.39, 0.29) is 25.1 Å². The minimum Gasteiger partial charge on any atom is -0.388 e. The summed E-state index contributed by atoms with van der Waals surface area (Å²) in [5, 5.41) is 17.8. The van der Waals surface area contributed by atoms with Gasteiger partial charge in [0, 0.05) is 0 Å². The lowest BCUT2D eigenvalue weighted by Gasteiger charge is -2.14. The van der Waals surface area contributed by atoms with Crippen molar-refractivity contribution in [2.24, 2.45) is 0 Å². The summed E-state index contributed by atoms with van der Waals surface area (Å²) in [6.07, 6.45) is -1.28. The lowest BCUT2D eigenvalue weighted by atomic mass is 10.1. The van der Waals surface area contributed by atoms with Crippen LogP contribution < -0.4 is 0 Å². The highest BCUT2D eigenvalue weighted by Gasteiger charge is 2.47. The van der Waals surface area contributed by atoms with Gasteiger partial charge in [0.2, 0.25) is 0 Å². The summed E-state index contributed by atoms with van der Waals surface area (Å²) in [4.78, 5) is 0. The molecule has 2 aliphatic heterocycles. The molecule has 4 unspecified atom stereocenters. The van der Waals surface area contributed by atoms with Crippen molar-refractivity contribution in [1.82, 2.24) is 0 Å². The summed E-state index contributed by atoms with van der Waals surface area (Å²) in [7, 11) is 0. The molecule has 70 valence electrons. The maximum absolute atomic E-state index is 9.32. The molecule has 2 rings (SSSR count). The lowest BCUT2D eigenvalue weighted by molar-refractivity contribution is -0.0925. The molecule has 0 saturated carbocycles. The molecule has 0 aromatic heterocycles. The number of hydrogen-bond donors (Lipinski definition) is 2. The van der Waals surface area contributed by atoms with E-state index in [0.29, 0.717) is 13.2 Å². The predicted octanol–water partition coefficient (Wildman–Crippen LogP) is -1.52. The second kappa shape index (κ2) is 3.27. The quantitative estimate of drug-likeness (QED) is 0.500. The average Bonchev–Trinajstić information content (AvgIpc) is 2.58. The van der Waals surface area contributed by atoms with E-state index in [0.717, 1.165) is 0 Å². The van der Waals surface area contributed by atoms with E-state index in [9.17, 15) is 5.11 Å². The molecule has 2 N–H and O–H groups in total. The monoisotopic (exact) mass is 176 g/mol. The SMILES string of the molecule is OCOC1COC2C(O)COC12.